The van der Waals surface area contributed by atoms with Crippen molar-refractivity contribution in [2.24, 2.45) is 0 Å². The standard InChI is InChI=1S/C19H17NO/c1-13(21)12-17-16-8-4-5-9-18(16)20-11-10-14-6-2-3-7-15(14)19(17)20/h2-9H,10-12H2,1H3. The van der Waals surface area contributed by atoms with Gasteiger partial charge in [-0.05, 0) is 30.5 Å². The normalized spacial score (nSPS) is 13.0. The molecule has 0 saturated heterocycles. The SMILES string of the molecule is CC(=O)Cc1c2n(c3ccccc13)CCc1ccccc1-2. The van der Waals surface area contributed by atoms with E-state index in [0.717, 1.165) is 13.0 Å². The van der Waals surface area contributed by atoms with Gasteiger partial charge in [0.25, 0.3) is 0 Å². The van der Waals surface area contributed by atoms with Gasteiger partial charge < -0.3 is 4.57 Å². The molecule has 21 heavy (non-hydrogen) atoms. The van der Waals surface area contributed by atoms with Crippen molar-refractivity contribution in [1.29, 1.82) is 0 Å². The molecule has 0 saturated carbocycles. The lowest BCUT2D eigenvalue weighted by Crippen LogP contribution is -2.11. The number of para-hydroxylation sites is 1. The van der Waals surface area contributed by atoms with Crippen LogP contribution in [0, 0.1) is 0 Å². The van der Waals surface area contributed by atoms with Crippen molar-refractivity contribution in [2.45, 2.75) is 26.3 Å². The van der Waals surface area contributed by atoms with Crippen molar-refractivity contribution in [3.8, 4) is 11.3 Å². The highest BCUT2D eigenvalue weighted by Gasteiger charge is 2.23. The highest BCUT2D eigenvalue weighted by Crippen LogP contribution is 2.39. The summed E-state index contributed by atoms with van der Waals surface area (Å²) in [5.74, 6) is 0.220. The zero-order valence-corrected chi connectivity index (χ0v) is 12.1. The lowest BCUT2D eigenvalue weighted by atomic mass is 9.94. The van der Waals surface area contributed by atoms with Crippen molar-refractivity contribution >= 4 is 16.7 Å². The van der Waals surface area contributed by atoms with Crippen LogP contribution in [0.4, 0.5) is 0 Å². The van der Waals surface area contributed by atoms with Gasteiger partial charge in [0, 0.05) is 29.4 Å². The molecule has 4 rings (SSSR count). The second-order valence-corrected chi connectivity index (χ2v) is 5.78. The Morgan fingerprint density at radius 1 is 1.10 bits per heavy atom. The molecular weight excluding hydrogens is 258 g/mol. The zero-order valence-electron chi connectivity index (χ0n) is 12.1. The fourth-order valence-corrected chi connectivity index (χ4v) is 3.54. The van der Waals surface area contributed by atoms with Gasteiger partial charge in [-0.25, -0.2) is 0 Å². The van der Waals surface area contributed by atoms with Crippen LogP contribution in [0.15, 0.2) is 48.5 Å². The molecular formula is C19H17NO. The predicted molar refractivity (Wildman–Crippen MR) is 85.5 cm³/mol. The van der Waals surface area contributed by atoms with Crippen LogP contribution in [0.5, 0.6) is 0 Å². The highest BCUT2D eigenvalue weighted by molar-refractivity contribution is 5.96. The van der Waals surface area contributed by atoms with Crippen LogP contribution in [0.25, 0.3) is 22.2 Å². The maximum absolute atomic E-state index is 11.7. The van der Waals surface area contributed by atoms with E-state index in [9.17, 15) is 4.79 Å². The molecule has 0 atom stereocenters. The average Bonchev–Trinajstić information content (AvgIpc) is 2.82. The Bertz CT molecular complexity index is 857. The van der Waals surface area contributed by atoms with Crippen LogP contribution in [0.3, 0.4) is 0 Å². The summed E-state index contributed by atoms with van der Waals surface area (Å²) in [5.41, 5.74) is 6.35. The van der Waals surface area contributed by atoms with Gasteiger partial charge in [-0.15, -0.1) is 0 Å². The molecule has 2 nitrogen and oxygen atoms in total. The molecule has 2 heterocycles. The molecule has 1 aliphatic heterocycles. The molecule has 0 N–H and O–H groups in total. The van der Waals surface area contributed by atoms with E-state index in [4.69, 9.17) is 0 Å². The van der Waals surface area contributed by atoms with Crippen molar-refractivity contribution in [3.63, 3.8) is 0 Å². The predicted octanol–water partition coefficient (Wildman–Crippen LogP) is 4.00. The Kier molecular flexibility index (Phi) is 2.71. The summed E-state index contributed by atoms with van der Waals surface area (Å²) in [6.45, 7) is 2.67. The molecule has 0 spiro atoms. The first-order valence-electron chi connectivity index (χ1n) is 7.43. The fourth-order valence-electron chi connectivity index (χ4n) is 3.54. The Morgan fingerprint density at radius 2 is 1.86 bits per heavy atom. The molecule has 1 aliphatic rings. The second-order valence-electron chi connectivity index (χ2n) is 5.78. The number of carbonyl (C=O) groups excluding carboxylic acids is 1. The number of hydrogen-bond acceptors (Lipinski definition) is 1. The van der Waals surface area contributed by atoms with E-state index >= 15 is 0 Å². The Morgan fingerprint density at radius 3 is 2.71 bits per heavy atom. The van der Waals surface area contributed by atoms with Crippen LogP contribution in [0.1, 0.15) is 18.1 Å². The molecule has 3 aromatic rings. The van der Waals surface area contributed by atoms with Gasteiger partial charge in [0.05, 0.1) is 5.69 Å². The number of Topliss-reactive ketones (excluding diaryl/α,β-unsaturated/α-hetero) is 1. The maximum Gasteiger partial charge on any atom is 0.134 e. The summed E-state index contributed by atoms with van der Waals surface area (Å²) >= 11 is 0. The minimum absolute atomic E-state index is 0.220. The molecule has 0 radical (unpaired) electrons. The van der Waals surface area contributed by atoms with Crippen LogP contribution in [-0.2, 0) is 24.2 Å². The summed E-state index contributed by atoms with van der Waals surface area (Å²) in [6, 6.07) is 17.0. The molecule has 0 unspecified atom stereocenters. The van der Waals surface area contributed by atoms with Crippen LogP contribution >= 0.6 is 0 Å². The van der Waals surface area contributed by atoms with Crippen molar-refractivity contribution in [3.05, 3.63) is 59.7 Å². The number of ketones is 1. The monoisotopic (exact) mass is 275 g/mol. The van der Waals surface area contributed by atoms with Crippen LogP contribution < -0.4 is 0 Å². The topological polar surface area (TPSA) is 22.0 Å². The van der Waals surface area contributed by atoms with E-state index < -0.39 is 0 Å². The summed E-state index contributed by atoms with van der Waals surface area (Å²) in [7, 11) is 0. The number of aryl methyl sites for hydroxylation is 2. The van der Waals surface area contributed by atoms with Crippen molar-refractivity contribution < 1.29 is 4.79 Å². The maximum atomic E-state index is 11.7. The van der Waals surface area contributed by atoms with Gasteiger partial charge in [-0.3, -0.25) is 4.79 Å². The smallest absolute Gasteiger partial charge is 0.134 e. The van der Waals surface area contributed by atoms with Gasteiger partial charge in [0.1, 0.15) is 5.78 Å². The average molecular weight is 275 g/mol. The number of carbonyl (C=O) groups is 1. The molecule has 0 bridgehead atoms. The summed E-state index contributed by atoms with van der Waals surface area (Å²) in [6.07, 6.45) is 1.57. The first kappa shape index (κ1) is 12.4. The number of hydrogen-bond donors (Lipinski definition) is 0. The molecule has 104 valence electrons. The third kappa shape index (κ3) is 1.83. The Labute approximate surface area is 124 Å². The van der Waals surface area contributed by atoms with E-state index in [1.165, 1.54) is 33.3 Å². The lowest BCUT2D eigenvalue weighted by Gasteiger charge is -2.21. The third-order valence-corrected chi connectivity index (χ3v) is 4.38. The fraction of sp³-hybridized carbons (Fsp3) is 0.211. The van der Waals surface area contributed by atoms with Gasteiger partial charge in [0.2, 0.25) is 0 Å². The Balaban J connectivity index is 2.10. The third-order valence-electron chi connectivity index (χ3n) is 4.38. The van der Waals surface area contributed by atoms with E-state index in [2.05, 4.69) is 53.1 Å². The molecule has 0 aliphatic carbocycles. The minimum Gasteiger partial charge on any atom is -0.340 e. The summed E-state index contributed by atoms with van der Waals surface area (Å²) < 4.78 is 2.38. The van der Waals surface area contributed by atoms with Crippen LogP contribution in [0.2, 0.25) is 0 Å². The van der Waals surface area contributed by atoms with Crippen LogP contribution in [-0.4, -0.2) is 10.4 Å². The van der Waals surface area contributed by atoms with Gasteiger partial charge in [-0.1, -0.05) is 42.5 Å². The first-order valence-corrected chi connectivity index (χ1v) is 7.43. The molecule has 0 fully saturated rings. The lowest BCUT2D eigenvalue weighted by molar-refractivity contribution is -0.116. The molecule has 2 heteroatoms. The molecule has 1 aromatic heterocycles. The Hall–Kier alpha value is -2.35. The van der Waals surface area contributed by atoms with E-state index in [-0.39, 0.29) is 5.78 Å². The quantitative estimate of drug-likeness (QED) is 0.693. The molecule has 2 aromatic carbocycles. The summed E-state index contributed by atoms with van der Waals surface area (Å²) in [5, 5.41) is 1.22. The van der Waals surface area contributed by atoms with Gasteiger partial charge in [-0.2, -0.15) is 0 Å². The zero-order chi connectivity index (χ0) is 14.4. The number of fused-ring (bicyclic) bond motifs is 5. The van der Waals surface area contributed by atoms with Crippen molar-refractivity contribution in [1.82, 2.24) is 4.57 Å². The number of benzene rings is 2. The minimum atomic E-state index is 0.220. The summed E-state index contributed by atoms with van der Waals surface area (Å²) in [4.78, 5) is 11.7. The van der Waals surface area contributed by atoms with Gasteiger partial charge in [0.15, 0.2) is 0 Å². The van der Waals surface area contributed by atoms with Gasteiger partial charge >= 0.3 is 0 Å². The largest absolute Gasteiger partial charge is 0.340 e. The first-order chi connectivity index (χ1) is 10.3. The van der Waals surface area contributed by atoms with E-state index in [1.807, 2.05) is 0 Å². The highest BCUT2D eigenvalue weighted by atomic mass is 16.1. The number of rotatable bonds is 2. The number of nitrogens with zero attached hydrogens (tertiary/aromatic N) is 1. The van der Waals surface area contributed by atoms with E-state index in [0.29, 0.717) is 6.42 Å². The van der Waals surface area contributed by atoms with E-state index in [1.54, 1.807) is 6.92 Å². The van der Waals surface area contributed by atoms with Crippen molar-refractivity contribution in [2.75, 3.05) is 0 Å². The second kappa shape index (κ2) is 4.59. The molecule has 0 amide bonds. The number of aromatic nitrogens is 1.